The summed E-state index contributed by atoms with van der Waals surface area (Å²) in [4.78, 5) is 13.7. The van der Waals surface area contributed by atoms with E-state index in [1.54, 1.807) is 11.8 Å². The summed E-state index contributed by atoms with van der Waals surface area (Å²) in [5, 5.41) is 2.95. The molecular formula is C17H18N2OS. The van der Waals surface area contributed by atoms with Crippen molar-refractivity contribution in [3.8, 4) is 0 Å². The fraction of sp³-hybridized carbons (Fsp3) is 0.235. The van der Waals surface area contributed by atoms with Crippen LogP contribution >= 0.6 is 11.8 Å². The highest BCUT2D eigenvalue weighted by atomic mass is 32.2. The molecule has 108 valence electrons. The topological polar surface area (TPSA) is 55.1 Å². The van der Waals surface area contributed by atoms with Crippen LogP contribution in [-0.4, -0.2) is 11.2 Å². The molecule has 0 aliphatic carbocycles. The molecule has 1 heterocycles. The lowest BCUT2D eigenvalue weighted by atomic mass is 10.1. The number of benzene rings is 2. The van der Waals surface area contributed by atoms with Crippen LogP contribution in [0.25, 0.3) is 0 Å². The van der Waals surface area contributed by atoms with Crippen LogP contribution in [0.4, 0.5) is 11.4 Å². The van der Waals surface area contributed by atoms with Crippen molar-refractivity contribution in [3.63, 3.8) is 0 Å². The maximum atomic E-state index is 12.5. The van der Waals surface area contributed by atoms with Gasteiger partial charge >= 0.3 is 0 Å². The van der Waals surface area contributed by atoms with Gasteiger partial charge < -0.3 is 11.1 Å². The van der Waals surface area contributed by atoms with Gasteiger partial charge in [-0.2, -0.15) is 0 Å². The number of carbonyl (C=O) groups excluding carboxylic acids is 1. The smallest absolute Gasteiger partial charge is 0.238 e. The van der Waals surface area contributed by atoms with E-state index < -0.39 is 0 Å². The summed E-state index contributed by atoms with van der Waals surface area (Å²) < 4.78 is 0. The number of hydrogen-bond acceptors (Lipinski definition) is 3. The van der Waals surface area contributed by atoms with Gasteiger partial charge in [-0.3, -0.25) is 4.79 Å². The Labute approximate surface area is 128 Å². The first-order valence-electron chi connectivity index (χ1n) is 6.97. The molecule has 0 fully saturated rings. The molecule has 0 radical (unpaired) electrons. The molecule has 3 rings (SSSR count). The summed E-state index contributed by atoms with van der Waals surface area (Å²) in [5.74, 6) is 0.0440. The van der Waals surface area contributed by atoms with Gasteiger partial charge in [0.05, 0.1) is 5.25 Å². The molecule has 1 aliphatic rings. The highest BCUT2D eigenvalue weighted by molar-refractivity contribution is 8.01. The normalized spacial score (nSPS) is 16.6. The van der Waals surface area contributed by atoms with Crippen LogP contribution in [-0.2, 0) is 11.2 Å². The molecule has 1 aliphatic heterocycles. The van der Waals surface area contributed by atoms with Gasteiger partial charge in [0.15, 0.2) is 0 Å². The van der Waals surface area contributed by atoms with Gasteiger partial charge in [-0.05, 0) is 49.1 Å². The van der Waals surface area contributed by atoms with Crippen LogP contribution in [0.1, 0.15) is 16.7 Å². The third-order valence-corrected chi connectivity index (χ3v) is 5.13. The van der Waals surface area contributed by atoms with Crippen molar-refractivity contribution >= 4 is 29.0 Å². The van der Waals surface area contributed by atoms with Crippen molar-refractivity contribution in [2.75, 3.05) is 11.1 Å². The minimum atomic E-state index is -0.0654. The van der Waals surface area contributed by atoms with E-state index in [0.717, 1.165) is 23.2 Å². The average Bonchev–Trinajstić information content (AvgIpc) is 2.88. The Bertz CT molecular complexity index is 687. The molecule has 0 bridgehead atoms. The number of nitrogen functional groups attached to an aromatic ring is 1. The van der Waals surface area contributed by atoms with Crippen molar-refractivity contribution in [3.05, 3.63) is 53.1 Å². The van der Waals surface area contributed by atoms with E-state index in [-0.39, 0.29) is 11.2 Å². The van der Waals surface area contributed by atoms with Crippen LogP contribution in [0.15, 0.2) is 41.3 Å². The molecule has 2 aromatic rings. The van der Waals surface area contributed by atoms with Crippen LogP contribution in [0.5, 0.6) is 0 Å². The first-order valence-corrected chi connectivity index (χ1v) is 7.84. The molecule has 1 amide bonds. The van der Waals surface area contributed by atoms with Crippen molar-refractivity contribution < 1.29 is 4.79 Å². The van der Waals surface area contributed by atoms with Gasteiger partial charge in [-0.15, -0.1) is 11.8 Å². The van der Waals surface area contributed by atoms with Crippen molar-refractivity contribution in [2.24, 2.45) is 0 Å². The van der Waals surface area contributed by atoms with Gasteiger partial charge in [0, 0.05) is 16.3 Å². The van der Waals surface area contributed by atoms with E-state index in [0.29, 0.717) is 5.69 Å². The molecule has 0 saturated heterocycles. The monoisotopic (exact) mass is 298 g/mol. The molecule has 2 aromatic carbocycles. The number of nitrogens with one attached hydrogen (secondary N) is 1. The summed E-state index contributed by atoms with van der Waals surface area (Å²) in [6.07, 6.45) is 0.785. The number of amides is 1. The van der Waals surface area contributed by atoms with E-state index >= 15 is 0 Å². The fourth-order valence-electron chi connectivity index (χ4n) is 2.55. The van der Waals surface area contributed by atoms with E-state index in [9.17, 15) is 4.79 Å². The van der Waals surface area contributed by atoms with Crippen LogP contribution in [0.3, 0.4) is 0 Å². The standard InChI is InChI=1S/C17H18N2OS/c1-10-7-11(2)14(9-13(10)18)19-17(20)16-8-12-5-3-4-6-15(12)21-16/h3-7,9,16H,8,18H2,1-2H3,(H,19,20). The second kappa shape index (κ2) is 5.45. The number of rotatable bonds is 2. The van der Waals surface area contributed by atoms with Crippen molar-refractivity contribution in [1.29, 1.82) is 0 Å². The SMILES string of the molecule is Cc1cc(C)c(NC(=O)C2Cc3ccccc3S2)cc1N. The molecule has 3 nitrogen and oxygen atoms in total. The molecule has 4 heteroatoms. The van der Waals surface area contributed by atoms with E-state index in [1.165, 1.54) is 10.5 Å². The second-order valence-electron chi connectivity index (χ2n) is 5.43. The number of nitrogens with two attached hydrogens (primary N) is 1. The molecule has 0 spiro atoms. The highest BCUT2D eigenvalue weighted by Gasteiger charge is 2.28. The van der Waals surface area contributed by atoms with E-state index in [4.69, 9.17) is 5.73 Å². The molecular weight excluding hydrogens is 280 g/mol. The van der Waals surface area contributed by atoms with Crippen LogP contribution in [0, 0.1) is 13.8 Å². The van der Waals surface area contributed by atoms with Crippen LogP contribution in [0.2, 0.25) is 0 Å². The molecule has 21 heavy (non-hydrogen) atoms. The quantitative estimate of drug-likeness (QED) is 0.834. The zero-order chi connectivity index (χ0) is 15.0. The summed E-state index contributed by atoms with van der Waals surface area (Å²) in [5.41, 5.74) is 10.8. The number of fused-ring (bicyclic) bond motifs is 1. The van der Waals surface area contributed by atoms with Crippen LogP contribution < -0.4 is 11.1 Å². The molecule has 0 aromatic heterocycles. The predicted molar refractivity (Wildman–Crippen MR) is 88.7 cm³/mol. The first-order chi connectivity index (χ1) is 10.0. The van der Waals surface area contributed by atoms with Gasteiger partial charge in [-0.1, -0.05) is 24.3 Å². The zero-order valence-electron chi connectivity index (χ0n) is 12.1. The molecule has 0 saturated carbocycles. The fourth-order valence-corrected chi connectivity index (χ4v) is 3.74. The van der Waals surface area contributed by atoms with Crippen molar-refractivity contribution in [2.45, 2.75) is 30.4 Å². The number of thioether (sulfide) groups is 1. The Morgan fingerprint density at radius 1 is 1.24 bits per heavy atom. The minimum absolute atomic E-state index is 0.0440. The average molecular weight is 298 g/mol. The van der Waals surface area contributed by atoms with E-state index in [1.807, 2.05) is 38.1 Å². The zero-order valence-corrected chi connectivity index (χ0v) is 13.0. The Morgan fingerprint density at radius 3 is 2.76 bits per heavy atom. The lowest BCUT2D eigenvalue weighted by Gasteiger charge is -2.14. The maximum Gasteiger partial charge on any atom is 0.238 e. The Balaban J connectivity index is 1.75. The lowest BCUT2D eigenvalue weighted by Crippen LogP contribution is -2.25. The Morgan fingerprint density at radius 2 is 2.00 bits per heavy atom. The van der Waals surface area contributed by atoms with Crippen molar-refractivity contribution in [1.82, 2.24) is 0 Å². The Kier molecular flexibility index (Phi) is 3.64. The number of carbonyl (C=O) groups is 1. The maximum absolute atomic E-state index is 12.5. The second-order valence-corrected chi connectivity index (χ2v) is 6.68. The minimum Gasteiger partial charge on any atom is -0.398 e. The van der Waals surface area contributed by atoms with Gasteiger partial charge in [0.1, 0.15) is 0 Å². The number of aryl methyl sites for hydroxylation is 2. The van der Waals surface area contributed by atoms with Gasteiger partial charge in [-0.25, -0.2) is 0 Å². The summed E-state index contributed by atoms with van der Waals surface area (Å²) >= 11 is 1.63. The largest absolute Gasteiger partial charge is 0.398 e. The predicted octanol–water partition coefficient (Wildman–Crippen LogP) is 3.54. The summed E-state index contributed by atoms with van der Waals surface area (Å²) in [6, 6.07) is 12.0. The van der Waals surface area contributed by atoms with Gasteiger partial charge in [0.2, 0.25) is 5.91 Å². The highest BCUT2D eigenvalue weighted by Crippen LogP contribution is 2.37. The molecule has 1 atom stereocenters. The third kappa shape index (κ3) is 2.76. The van der Waals surface area contributed by atoms with Gasteiger partial charge in [0.25, 0.3) is 0 Å². The summed E-state index contributed by atoms with van der Waals surface area (Å²) in [7, 11) is 0. The molecule has 3 N–H and O–H groups in total. The first kappa shape index (κ1) is 14.0. The Hall–Kier alpha value is -1.94. The van der Waals surface area contributed by atoms with E-state index in [2.05, 4.69) is 17.4 Å². The lowest BCUT2D eigenvalue weighted by molar-refractivity contribution is -0.115. The summed E-state index contributed by atoms with van der Waals surface area (Å²) in [6.45, 7) is 3.95. The molecule has 1 unspecified atom stereocenters. The number of anilines is 2. The number of hydrogen-bond donors (Lipinski definition) is 2. The third-order valence-electron chi connectivity index (χ3n) is 3.81.